The number of carboxylic acids is 1. The molecule has 0 saturated carbocycles. The van der Waals surface area contributed by atoms with Crippen LogP contribution in [0.5, 0.6) is 11.6 Å². The summed E-state index contributed by atoms with van der Waals surface area (Å²) in [5, 5.41) is 23.1. The molecular formula is C20H17F2N7O3. The van der Waals surface area contributed by atoms with Gasteiger partial charge in [-0.2, -0.15) is 5.10 Å². The van der Waals surface area contributed by atoms with Gasteiger partial charge in [0.2, 0.25) is 0 Å². The van der Waals surface area contributed by atoms with Gasteiger partial charge in [0.15, 0.2) is 17.4 Å². The molecular weight excluding hydrogens is 424 g/mol. The van der Waals surface area contributed by atoms with Gasteiger partial charge in [-0.1, -0.05) is 5.21 Å². The molecule has 12 heteroatoms. The second-order valence-corrected chi connectivity index (χ2v) is 6.91. The van der Waals surface area contributed by atoms with Crippen molar-refractivity contribution in [3.05, 3.63) is 66.3 Å². The van der Waals surface area contributed by atoms with E-state index < -0.39 is 23.6 Å². The number of benzene rings is 1. The molecule has 3 heterocycles. The molecule has 1 unspecified atom stereocenters. The number of carbonyl (C=O) groups is 1. The molecule has 1 atom stereocenters. The Hall–Kier alpha value is -4.19. The lowest BCUT2D eigenvalue weighted by Gasteiger charge is -2.09. The Balaban J connectivity index is 1.48. The van der Waals surface area contributed by atoms with Gasteiger partial charge >= 0.3 is 5.97 Å². The largest absolute Gasteiger partial charge is 0.481 e. The molecule has 0 saturated heterocycles. The zero-order valence-electron chi connectivity index (χ0n) is 16.4. The molecule has 0 fully saturated rings. The number of hydrogen-bond acceptors (Lipinski definition) is 7. The summed E-state index contributed by atoms with van der Waals surface area (Å²) in [5.74, 6) is -3.14. The third-order valence-electron chi connectivity index (χ3n) is 4.45. The lowest BCUT2D eigenvalue weighted by Crippen LogP contribution is -2.26. The quantitative estimate of drug-likeness (QED) is 0.378. The second kappa shape index (κ2) is 8.89. The molecule has 3 aromatic heterocycles. The standard InChI is InChI=1S/C20H17F2N7O3/c21-15-8-14(29-10-13(26-28-29)6-12(23)7-19(30)31)1-2-18(15)32-20-16(22)5-11(9-24-20)17-3-4-25-27-17/h1-5,8-10,12H,6-7,23H2,(H,25,27)(H,30,31). The van der Waals surface area contributed by atoms with E-state index in [0.29, 0.717) is 22.6 Å². The Morgan fingerprint density at radius 3 is 2.78 bits per heavy atom. The molecule has 0 radical (unpaired) electrons. The van der Waals surface area contributed by atoms with E-state index in [-0.39, 0.29) is 24.5 Å². The number of rotatable bonds is 8. The number of pyridine rings is 1. The van der Waals surface area contributed by atoms with Crippen molar-refractivity contribution in [2.45, 2.75) is 18.9 Å². The van der Waals surface area contributed by atoms with Gasteiger partial charge in [0, 0.05) is 36.5 Å². The number of H-pyrrole nitrogens is 1. The summed E-state index contributed by atoms with van der Waals surface area (Å²) in [6, 6.07) is 6.20. The molecule has 4 N–H and O–H groups in total. The van der Waals surface area contributed by atoms with E-state index in [4.69, 9.17) is 15.6 Å². The second-order valence-electron chi connectivity index (χ2n) is 6.91. The van der Waals surface area contributed by atoms with Crippen LogP contribution in [0.4, 0.5) is 8.78 Å². The summed E-state index contributed by atoms with van der Waals surface area (Å²) in [4.78, 5) is 14.6. The first-order valence-corrected chi connectivity index (χ1v) is 9.40. The minimum atomic E-state index is -1.01. The monoisotopic (exact) mass is 441 g/mol. The van der Waals surface area contributed by atoms with Crippen molar-refractivity contribution in [1.29, 1.82) is 0 Å². The van der Waals surface area contributed by atoms with Gasteiger partial charge < -0.3 is 15.6 Å². The van der Waals surface area contributed by atoms with Gasteiger partial charge in [-0.15, -0.1) is 5.10 Å². The number of aromatic amines is 1. The van der Waals surface area contributed by atoms with Crippen LogP contribution in [-0.2, 0) is 11.2 Å². The molecule has 1 aromatic carbocycles. The number of halogens is 2. The third kappa shape index (κ3) is 4.75. The van der Waals surface area contributed by atoms with Crippen LogP contribution in [0.2, 0.25) is 0 Å². The first kappa shape index (κ1) is 21.1. The number of nitrogens with two attached hydrogens (primary N) is 1. The van der Waals surface area contributed by atoms with Crippen LogP contribution in [-0.4, -0.2) is 47.3 Å². The van der Waals surface area contributed by atoms with Crippen LogP contribution in [0.15, 0.2) is 48.9 Å². The van der Waals surface area contributed by atoms with E-state index in [2.05, 4.69) is 25.5 Å². The Morgan fingerprint density at radius 2 is 2.09 bits per heavy atom. The Bertz CT molecular complexity index is 1240. The fourth-order valence-electron chi connectivity index (χ4n) is 2.97. The SMILES string of the molecule is NC(CC(=O)O)Cc1cn(-c2ccc(Oc3ncc(-c4ccn[nH]4)cc3F)c(F)c2)nn1. The van der Waals surface area contributed by atoms with E-state index in [9.17, 15) is 13.6 Å². The van der Waals surface area contributed by atoms with Crippen molar-refractivity contribution in [3.63, 3.8) is 0 Å². The van der Waals surface area contributed by atoms with E-state index in [1.807, 2.05) is 0 Å². The molecule has 0 amide bonds. The first-order valence-electron chi connectivity index (χ1n) is 9.40. The fourth-order valence-corrected chi connectivity index (χ4v) is 2.97. The summed E-state index contributed by atoms with van der Waals surface area (Å²) >= 11 is 0. The number of nitrogens with zero attached hydrogens (tertiary/aromatic N) is 5. The van der Waals surface area contributed by atoms with Crippen LogP contribution in [0.25, 0.3) is 16.9 Å². The molecule has 10 nitrogen and oxygen atoms in total. The molecule has 4 rings (SSSR count). The van der Waals surface area contributed by atoms with E-state index in [1.54, 1.807) is 6.07 Å². The number of aromatic nitrogens is 6. The number of hydrogen-bond donors (Lipinski definition) is 3. The third-order valence-corrected chi connectivity index (χ3v) is 4.45. The zero-order valence-corrected chi connectivity index (χ0v) is 16.4. The number of carboxylic acid groups (broad SMARTS) is 1. The fraction of sp³-hybridized carbons (Fsp3) is 0.150. The lowest BCUT2D eigenvalue weighted by molar-refractivity contribution is -0.137. The van der Waals surface area contributed by atoms with Crippen molar-refractivity contribution in [1.82, 2.24) is 30.2 Å². The summed E-state index contributed by atoms with van der Waals surface area (Å²) in [7, 11) is 0. The lowest BCUT2D eigenvalue weighted by atomic mass is 10.1. The van der Waals surface area contributed by atoms with Crippen molar-refractivity contribution >= 4 is 5.97 Å². The minimum absolute atomic E-state index is 0.204. The smallest absolute Gasteiger partial charge is 0.304 e. The van der Waals surface area contributed by atoms with Gasteiger partial charge in [-0.25, -0.2) is 18.4 Å². The average Bonchev–Trinajstić information content (AvgIpc) is 3.42. The van der Waals surface area contributed by atoms with Crippen molar-refractivity contribution < 1.29 is 23.4 Å². The Morgan fingerprint density at radius 1 is 1.25 bits per heavy atom. The molecule has 0 spiro atoms. The Labute approximate surface area is 179 Å². The minimum Gasteiger partial charge on any atom is -0.481 e. The van der Waals surface area contributed by atoms with Gasteiger partial charge in [-0.05, 0) is 24.3 Å². The summed E-state index contributed by atoms with van der Waals surface area (Å²) < 4.78 is 35.6. The van der Waals surface area contributed by atoms with Gasteiger partial charge in [-0.3, -0.25) is 9.89 Å². The highest BCUT2D eigenvalue weighted by Gasteiger charge is 2.15. The average molecular weight is 441 g/mol. The number of aliphatic carboxylic acids is 1. The number of ether oxygens (including phenoxy) is 1. The predicted molar refractivity (Wildman–Crippen MR) is 107 cm³/mol. The van der Waals surface area contributed by atoms with Crippen LogP contribution >= 0.6 is 0 Å². The zero-order chi connectivity index (χ0) is 22.7. The summed E-state index contributed by atoms with van der Waals surface area (Å²) in [6.45, 7) is 0. The highest BCUT2D eigenvalue weighted by Crippen LogP contribution is 2.28. The maximum Gasteiger partial charge on any atom is 0.304 e. The highest BCUT2D eigenvalue weighted by molar-refractivity contribution is 5.67. The van der Waals surface area contributed by atoms with Gasteiger partial charge in [0.05, 0.1) is 29.7 Å². The van der Waals surface area contributed by atoms with E-state index in [0.717, 1.165) is 6.07 Å². The maximum atomic E-state index is 14.6. The topological polar surface area (TPSA) is 145 Å². The van der Waals surface area contributed by atoms with Crippen molar-refractivity contribution in [2.24, 2.45) is 5.73 Å². The Kier molecular flexibility index (Phi) is 5.85. The summed E-state index contributed by atoms with van der Waals surface area (Å²) in [6.07, 6.45) is 4.42. The summed E-state index contributed by atoms with van der Waals surface area (Å²) in [5.41, 5.74) is 7.59. The van der Waals surface area contributed by atoms with Crippen LogP contribution < -0.4 is 10.5 Å². The predicted octanol–water partition coefficient (Wildman–Crippen LogP) is 2.47. The van der Waals surface area contributed by atoms with Gasteiger partial charge in [0.1, 0.15) is 0 Å². The van der Waals surface area contributed by atoms with Crippen molar-refractivity contribution in [3.8, 4) is 28.6 Å². The molecule has 0 aliphatic heterocycles. The highest BCUT2D eigenvalue weighted by atomic mass is 19.1. The molecule has 0 bridgehead atoms. The normalized spacial score (nSPS) is 12.0. The molecule has 32 heavy (non-hydrogen) atoms. The van der Waals surface area contributed by atoms with Crippen molar-refractivity contribution in [2.75, 3.05) is 0 Å². The van der Waals surface area contributed by atoms with E-state index in [1.165, 1.54) is 41.5 Å². The molecule has 164 valence electrons. The first-order chi connectivity index (χ1) is 15.4. The van der Waals surface area contributed by atoms with Crippen LogP contribution in [0.3, 0.4) is 0 Å². The molecule has 0 aliphatic carbocycles. The van der Waals surface area contributed by atoms with Crippen LogP contribution in [0, 0.1) is 11.6 Å². The van der Waals surface area contributed by atoms with Gasteiger partial charge in [0.25, 0.3) is 5.88 Å². The maximum absolute atomic E-state index is 14.6. The molecule has 0 aliphatic rings. The molecule has 4 aromatic rings. The van der Waals surface area contributed by atoms with Crippen LogP contribution in [0.1, 0.15) is 12.1 Å². The van der Waals surface area contributed by atoms with E-state index >= 15 is 0 Å². The number of nitrogens with one attached hydrogen (secondary N) is 1.